The molecule has 10 heteroatoms. The first-order valence-electron chi connectivity index (χ1n) is 11.1. The molecule has 3 rings (SSSR count). The third kappa shape index (κ3) is 6.84. The van der Waals surface area contributed by atoms with Gasteiger partial charge in [-0.2, -0.15) is 0 Å². The van der Waals surface area contributed by atoms with Gasteiger partial charge < -0.3 is 19.2 Å². The Bertz CT molecular complexity index is 899. The van der Waals surface area contributed by atoms with Crippen LogP contribution in [0, 0.1) is 16.0 Å². The highest BCUT2D eigenvalue weighted by Crippen LogP contribution is 2.25. The van der Waals surface area contributed by atoms with Gasteiger partial charge in [-0.15, -0.1) is 5.06 Å². The summed E-state index contributed by atoms with van der Waals surface area (Å²) < 4.78 is 10.6. The van der Waals surface area contributed by atoms with Crippen LogP contribution in [-0.2, 0) is 15.9 Å². The number of methoxy groups -OCH3 is 1. The number of piperidine rings is 1. The molecule has 1 fully saturated rings. The van der Waals surface area contributed by atoms with Crippen LogP contribution in [0.1, 0.15) is 45.6 Å². The molecule has 0 bridgehead atoms. The van der Waals surface area contributed by atoms with Crippen molar-refractivity contribution in [2.24, 2.45) is 10.9 Å². The van der Waals surface area contributed by atoms with Crippen LogP contribution in [0.4, 0.5) is 4.79 Å². The lowest BCUT2D eigenvalue weighted by molar-refractivity contribution is -0.420. The maximum atomic E-state index is 12.2. The van der Waals surface area contributed by atoms with Gasteiger partial charge in [-0.05, 0) is 70.1 Å². The van der Waals surface area contributed by atoms with Crippen molar-refractivity contribution in [2.75, 3.05) is 26.9 Å². The molecule has 0 atom stereocenters. The third-order valence-corrected chi connectivity index (χ3v) is 5.51. The highest BCUT2D eigenvalue weighted by atomic mass is 16.7. The van der Waals surface area contributed by atoms with Crippen molar-refractivity contribution in [1.29, 1.82) is 0 Å². The molecule has 1 amide bonds. The molecular formula is C23H32N4O6. The first-order valence-corrected chi connectivity index (χ1v) is 11.1. The number of hydrogen-bond acceptors (Lipinski definition) is 8. The summed E-state index contributed by atoms with van der Waals surface area (Å²) in [4.78, 5) is 34.3. The number of hydrogen-bond donors (Lipinski definition) is 0. The zero-order valence-electron chi connectivity index (χ0n) is 19.7. The van der Waals surface area contributed by atoms with Gasteiger partial charge in [0, 0.05) is 13.1 Å². The van der Waals surface area contributed by atoms with Gasteiger partial charge in [0.05, 0.1) is 12.0 Å². The van der Waals surface area contributed by atoms with Crippen molar-refractivity contribution < 1.29 is 24.0 Å². The molecule has 10 nitrogen and oxygen atoms in total. The molecule has 1 saturated heterocycles. The lowest BCUT2D eigenvalue weighted by Gasteiger charge is -2.33. The van der Waals surface area contributed by atoms with Crippen molar-refractivity contribution in [1.82, 2.24) is 9.96 Å². The Labute approximate surface area is 193 Å². The molecule has 2 heterocycles. The van der Waals surface area contributed by atoms with Gasteiger partial charge in [-0.3, -0.25) is 15.1 Å². The highest BCUT2D eigenvalue weighted by Gasteiger charge is 2.29. The number of nitro groups is 1. The normalized spacial score (nSPS) is 17.2. The summed E-state index contributed by atoms with van der Waals surface area (Å²) >= 11 is 0. The van der Waals surface area contributed by atoms with E-state index >= 15 is 0 Å². The van der Waals surface area contributed by atoms with E-state index in [-0.39, 0.29) is 24.3 Å². The number of benzene rings is 1. The minimum atomic E-state index is -0.557. The summed E-state index contributed by atoms with van der Waals surface area (Å²) in [5.41, 5.74) is 0.460. The summed E-state index contributed by atoms with van der Waals surface area (Å²) in [6.45, 7) is 7.20. The number of allylic oxidation sites excluding steroid dienone is 1. The molecule has 2 aliphatic heterocycles. The molecule has 0 radical (unpaired) electrons. The fourth-order valence-electron chi connectivity index (χ4n) is 3.80. The van der Waals surface area contributed by atoms with Crippen molar-refractivity contribution in [3.63, 3.8) is 0 Å². The van der Waals surface area contributed by atoms with E-state index < -0.39 is 10.5 Å². The van der Waals surface area contributed by atoms with Crippen LogP contribution in [0.15, 0.2) is 40.8 Å². The highest BCUT2D eigenvalue weighted by molar-refractivity contribution is 5.76. The summed E-state index contributed by atoms with van der Waals surface area (Å²) in [7, 11) is 1.36. The van der Waals surface area contributed by atoms with Gasteiger partial charge in [-0.25, -0.2) is 4.79 Å². The predicted molar refractivity (Wildman–Crippen MR) is 122 cm³/mol. The Hall–Kier alpha value is -3.30. The minimum absolute atomic E-state index is 0.0109. The van der Waals surface area contributed by atoms with Crippen molar-refractivity contribution in [3.8, 4) is 5.75 Å². The number of amides is 1. The minimum Gasteiger partial charge on any atom is -0.475 e. The Balaban J connectivity index is 1.47. The quantitative estimate of drug-likeness (QED) is 0.447. The van der Waals surface area contributed by atoms with E-state index in [0.717, 1.165) is 38.8 Å². The molecule has 2 aliphatic rings. The van der Waals surface area contributed by atoms with Crippen LogP contribution < -0.4 is 4.84 Å². The number of likely N-dealkylation sites (tertiary alicyclic amines) is 1. The summed E-state index contributed by atoms with van der Waals surface area (Å²) in [6, 6.07) is 7.64. The van der Waals surface area contributed by atoms with Crippen LogP contribution in [-0.4, -0.2) is 59.7 Å². The molecule has 0 spiro atoms. The van der Waals surface area contributed by atoms with E-state index in [1.54, 1.807) is 4.90 Å². The monoisotopic (exact) mass is 460 g/mol. The summed E-state index contributed by atoms with van der Waals surface area (Å²) in [5.74, 6) is 1.12. The average Bonchev–Trinajstić information content (AvgIpc) is 2.77. The molecular weight excluding hydrogens is 428 g/mol. The number of nitrogens with zero attached hydrogens (tertiary/aromatic N) is 4. The number of carbonyl (C=O) groups excluding carboxylic acids is 1. The van der Waals surface area contributed by atoms with Gasteiger partial charge in [0.15, 0.2) is 5.75 Å². The van der Waals surface area contributed by atoms with E-state index in [1.165, 1.54) is 24.0 Å². The number of hydroxylamine groups is 2. The Morgan fingerprint density at radius 2 is 1.88 bits per heavy atom. The molecule has 0 saturated carbocycles. The lowest BCUT2D eigenvalue weighted by Crippen LogP contribution is -2.41. The fourth-order valence-corrected chi connectivity index (χ4v) is 3.80. The van der Waals surface area contributed by atoms with Crippen molar-refractivity contribution in [2.45, 2.75) is 52.1 Å². The summed E-state index contributed by atoms with van der Waals surface area (Å²) in [5, 5.41) is 12.4. The van der Waals surface area contributed by atoms with E-state index in [2.05, 4.69) is 4.99 Å². The Morgan fingerprint density at radius 1 is 1.21 bits per heavy atom. The van der Waals surface area contributed by atoms with Gasteiger partial charge in [0.2, 0.25) is 0 Å². The second kappa shape index (κ2) is 10.5. The third-order valence-electron chi connectivity index (χ3n) is 5.51. The Morgan fingerprint density at radius 3 is 2.45 bits per heavy atom. The first kappa shape index (κ1) is 24.3. The first-order chi connectivity index (χ1) is 15.7. The summed E-state index contributed by atoms with van der Waals surface area (Å²) in [6.07, 6.45) is 4.86. The second-order valence-electron chi connectivity index (χ2n) is 9.17. The molecule has 0 N–H and O–H groups in total. The Kier molecular flexibility index (Phi) is 7.78. The number of carbonyl (C=O) groups is 1. The molecule has 0 unspecified atom stereocenters. The standard InChI is InChI=1S/C23H32N4O6/c1-23(2,3)32-22(28)25-13-11-18(12-14-25)6-5-17-7-9-19(10-8-17)33-26-16-24-15-20(27(29)30)21(26)31-4/h7-10,15,18H,5-6,11-14,16H2,1-4H3. The zero-order chi connectivity index (χ0) is 24.0. The van der Waals surface area contributed by atoms with E-state index in [4.69, 9.17) is 14.3 Å². The van der Waals surface area contributed by atoms with Gasteiger partial charge in [0.25, 0.3) is 0 Å². The number of rotatable bonds is 7. The van der Waals surface area contributed by atoms with Crippen LogP contribution in [0.5, 0.6) is 5.75 Å². The van der Waals surface area contributed by atoms with Gasteiger partial charge in [-0.1, -0.05) is 12.1 Å². The van der Waals surface area contributed by atoms with Gasteiger partial charge >= 0.3 is 17.7 Å². The molecule has 0 aliphatic carbocycles. The largest absolute Gasteiger partial charge is 0.475 e. The molecule has 0 aromatic heterocycles. The fraction of sp³-hybridized carbons (Fsp3) is 0.565. The molecule has 33 heavy (non-hydrogen) atoms. The van der Waals surface area contributed by atoms with Crippen LogP contribution >= 0.6 is 0 Å². The second-order valence-corrected chi connectivity index (χ2v) is 9.17. The number of ether oxygens (including phenoxy) is 2. The van der Waals surface area contributed by atoms with E-state index in [9.17, 15) is 14.9 Å². The zero-order valence-corrected chi connectivity index (χ0v) is 19.7. The van der Waals surface area contributed by atoms with Crippen molar-refractivity contribution in [3.05, 3.63) is 51.5 Å². The van der Waals surface area contributed by atoms with Crippen LogP contribution in [0.2, 0.25) is 0 Å². The predicted octanol–water partition coefficient (Wildman–Crippen LogP) is 4.00. The van der Waals surface area contributed by atoms with E-state index in [1.807, 2.05) is 45.0 Å². The van der Waals surface area contributed by atoms with Crippen molar-refractivity contribution >= 4 is 12.3 Å². The topological polar surface area (TPSA) is 107 Å². The van der Waals surface area contributed by atoms with E-state index in [0.29, 0.717) is 11.7 Å². The smallest absolute Gasteiger partial charge is 0.410 e. The van der Waals surface area contributed by atoms with Crippen LogP contribution in [0.3, 0.4) is 0 Å². The number of aryl methyl sites for hydroxylation is 1. The maximum absolute atomic E-state index is 12.2. The van der Waals surface area contributed by atoms with Crippen LogP contribution in [0.25, 0.3) is 0 Å². The molecule has 1 aromatic rings. The average molecular weight is 461 g/mol. The maximum Gasteiger partial charge on any atom is 0.410 e. The van der Waals surface area contributed by atoms with Gasteiger partial charge in [0.1, 0.15) is 18.5 Å². The SMILES string of the molecule is COC1=C([N+](=O)[O-])C=NCN1Oc1ccc(CCC2CCN(C(=O)OC(C)(C)C)CC2)cc1. The molecule has 180 valence electrons. The number of aliphatic imine (C=N–C) groups is 1. The lowest BCUT2D eigenvalue weighted by atomic mass is 9.91. The molecule has 1 aromatic carbocycles.